The van der Waals surface area contributed by atoms with E-state index in [4.69, 9.17) is 11.6 Å². The van der Waals surface area contributed by atoms with E-state index in [1.165, 1.54) is 11.1 Å². The Morgan fingerprint density at radius 3 is 2.69 bits per heavy atom. The minimum Gasteiger partial charge on any atom is -0.317 e. The molecule has 16 heavy (non-hydrogen) atoms. The van der Waals surface area contributed by atoms with Gasteiger partial charge >= 0.3 is 0 Å². The first-order valence-corrected chi connectivity index (χ1v) is 6.06. The van der Waals surface area contributed by atoms with Gasteiger partial charge in [-0.15, -0.1) is 6.58 Å². The van der Waals surface area contributed by atoms with Crippen molar-refractivity contribution in [1.29, 1.82) is 0 Å². The second-order valence-corrected chi connectivity index (χ2v) is 4.68. The summed E-state index contributed by atoms with van der Waals surface area (Å²) < 4.78 is 0. The Hall–Kier alpha value is -0.790. The quantitative estimate of drug-likeness (QED) is 0.742. The van der Waals surface area contributed by atoms with Crippen molar-refractivity contribution in [2.24, 2.45) is 0 Å². The molecule has 0 saturated carbocycles. The largest absolute Gasteiger partial charge is 0.317 e. The van der Waals surface area contributed by atoms with E-state index < -0.39 is 0 Å². The van der Waals surface area contributed by atoms with Crippen molar-refractivity contribution >= 4 is 11.6 Å². The van der Waals surface area contributed by atoms with E-state index in [-0.39, 0.29) is 0 Å². The molecule has 2 heteroatoms. The van der Waals surface area contributed by atoms with Gasteiger partial charge in [-0.3, -0.25) is 0 Å². The van der Waals surface area contributed by atoms with Crippen molar-refractivity contribution in [2.45, 2.75) is 32.2 Å². The first kappa shape index (κ1) is 13.3. The van der Waals surface area contributed by atoms with Crippen molar-refractivity contribution in [3.63, 3.8) is 0 Å². The minimum absolute atomic E-state index is 0.469. The maximum Gasteiger partial charge on any atom is 0.0438 e. The lowest BCUT2D eigenvalue weighted by Gasteiger charge is -2.16. The van der Waals surface area contributed by atoms with E-state index in [1.807, 2.05) is 25.2 Å². The lowest BCUT2D eigenvalue weighted by Crippen LogP contribution is -2.27. The van der Waals surface area contributed by atoms with Gasteiger partial charge in [0.2, 0.25) is 0 Å². The molecular weight excluding hydrogens is 218 g/mol. The Morgan fingerprint density at radius 2 is 2.12 bits per heavy atom. The first-order chi connectivity index (χ1) is 7.63. The molecule has 1 N–H and O–H groups in total. The second kappa shape index (κ2) is 6.72. The Bertz CT molecular complexity index is 346. The Kier molecular flexibility index (Phi) is 5.58. The smallest absolute Gasteiger partial charge is 0.0438 e. The SMILES string of the molecule is C=C(C)CCC(Cc1ccccc1Cl)NC. The summed E-state index contributed by atoms with van der Waals surface area (Å²) in [7, 11) is 2.00. The first-order valence-electron chi connectivity index (χ1n) is 5.68. The zero-order chi connectivity index (χ0) is 12.0. The van der Waals surface area contributed by atoms with Crippen LogP contribution >= 0.6 is 11.6 Å². The van der Waals surface area contributed by atoms with Crippen LogP contribution in [0.1, 0.15) is 25.3 Å². The van der Waals surface area contributed by atoms with E-state index in [9.17, 15) is 0 Å². The molecule has 0 bridgehead atoms. The molecule has 1 nitrogen and oxygen atoms in total. The number of nitrogens with one attached hydrogen (secondary N) is 1. The standard InChI is InChI=1S/C14H20ClN/c1-11(2)8-9-13(16-3)10-12-6-4-5-7-14(12)15/h4-7,13,16H,1,8-10H2,2-3H3. The van der Waals surface area contributed by atoms with Crippen LogP contribution in [0.4, 0.5) is 0 Å². The third kappa shape index (κ3) is 4.38. The number of allylic oxidation sites excluding steroid dienone is 1. The minimum atomic E-state index is 0.469. The number of benzene rings is 1. The fourth-order valence-electron chi connectivity index (χ4n) is 1.70. The highest BCUT2D eigenvalue weighted by atomic mass is 35.5. The van der Waals surface area contributed by atoms with Crippen LogP contribution in [0.15, 0.2) is 36.4 Å². The van der Waals surface area contributed by atoms with Gasteiger partial charge < -0.3 is 5.32 Å². The molecule has 0 saturated heterocycles. The summed E-state index contributed by atoms with van der Waals surface area (Å²) in [5.74, 6) is 0. The molecule has 0 aromatic heterocycles. The maximum atomic E-state index is 6.14. The molecule has 1 aromatic rings. The van der Waals surface area contributed by atoms with Gasteiger partial charge in [0.15, 0.2) is 0 Å². The predicted octanol–water partition coefficient (Wildman–Crippen LogP) is 3.83. The molecule has 0 amide bonds. The van der Waals surface area contributed by atoms with Crippen LogP contribution in [0.5, 0.6) is 0 Å². The van der Waals surface area contributed by atoms with Gasteiger partial charge in [-0.1, -0.05) is 35.4 Å². The van der Waals surface area contributed by atoms with Gasteiger partial charge in [0.05, 0.1) is 0 Å². The molecule has 1 aromatic carbocycles. The topological polar surface area (TPSA) is 12.0 Å². The third-order valence-electron chi connectivity index (χ3n) is 2.75. The zero-order valence-corrected chi connectivity index (χ0v) is 10.8. The van der Waals surface area contributed by atoms with E-state index in [0.29, 0.717) is 6.04 Å². The second-order valence-electron chi connectivity index (χ2n) is 4.28. The molecular formula is C14H20ClN. The Labute approximate surface area is 104 Å². The third-order valence-corrected chi connectivity index (χ3v) is 3.12. The molecule has 1 rings (SSSR count). The fourth-order valence-corrected chi connectivity index (χ4v) is 1.91. The van der Waals surface area contributed by atoms with Crippen molar-refractivity contribution < 1.29 is 0 Å². The lowest BCUT2D eigenvalue weighted by atomic mass is 10.00. The summed E-state index contributed by atoms with van der Waals surface area (Å²) in [6, 6.07) is 8.51. The molecule has 0 aliphatic carbocycles. The molecule has 1 atom stereocenters. The van der Waals surface area contributed by atoms with Gasteiger partial charge in [0.1, 0.15) is 0 Å². The van der Waals surface area contributed by atoms with Crippen LogP contribution in [-0.4, -0.2) is 13.1 Å². The summed E-state index contributed by atoms with van der Waals surface area (Å²) in [5.41, 5.74) is 2.45. The summed E-state index contributed by atoms with van der Waals surface area (Å²) in [6.07, 6.45) is 3.15. The van der Waals surface area contributed by atoms with E-state index >= 15 is 0 Å². The van der Waals surface area contributed by atoms with Crippen LogP contribution in [0.3, 0.4) is 0 Å². The van der Waals surface area contributed by atoms with Crippen LogP contribution < -0.4 is 5.32 Å². The fraction of sp³-hybridized carbons (Fsp3) is 0.429. The molecule has 1 unspecified atom stereocenters. The van der Waals surface area contributed by atoms with E-state index in [2.05, 4.69) is 24.9 Å². The molecule has 0 spiro atoms. The van der Waals surface area contributed by atoms with Gasteiger partial charge in [0, 0.05) is 11.1 Å². The number of rotatable bonds is 6. The number of hydrogen-bond donors (Lipinski definition) is 1. The highest BCUT2D eigenvalue weighted by Gasteiger charge is 2.09. The van der Waals surface area contributed by atoms with Crippen LogP contribution in [-0.2, 0) is 6.42 Å². The molecule has 0 heterocycles. The monoisotopic (exact) mass is 237 g/mol. The Balaban J connectivity index is 2.56. The normalized spacial score (nSPS) is 12.4. The Morgan fingerprint density at radius 1 is 1.44 bits per heavy atom. The lowest BCUT2D eigenvalue weighted by molar-refractivity contribution is 0.519. The van der Waals surface area contributed by atoms with Crippen LogP contribution in [0, 0.1) is 0 Å². The zero-order valence-electron chi connectivity index (χ0n) is 10.1. The molecule has 0 aliphatic heterocycles. The number of halogens is 1. The average molecular weight is 238 g/mol. The van der Waals surface area contributed by atoms with Crippen LogP contribution in [0.25, 0.3) is 0 Å². The van der Waals surface area contributed by atoms with Gasteiger partial charge in [0.25, 0.3) is 0 Å². The highest BCUT2D eigenvalue weighted by molar-refractivity contribution is 6.31. The number of likely N-dealkylation sites (N-methyl/N-ethyl adjacent to an activating group) is 1. The predicted molar refractivity (Wildman–Crippen MR) is 72.1 cm³/mol. The van der Waals surface area contributed by atoms with Crippen LogP contribution in [0.2, 0.25) is 5.02 Å². The van der Waals surface area contributed by atoms with Crippen molar-refractivity contribution in [3.05, 3.63) is 47.0 Å². The summed E-state index contributed by atoms with van der Waals surface area (Å²) in [5, 5.41) is 4.19. The summed E-state index contributed by atoms with van der Waals surface area (Å²) >= 11 is 6.14. The van der Waals surface area contributed by atoms with Gasteiger partial charge in [-0.2, -0.15) is 0 Å². The van der Waals surface area contributed by atoms with E-state index in [1.54, 1.807) is 0 Å². The number of hydrogen-bond acceptors (Lipinski definition) is 1. The van der Waals surface area contributed by atoms with Gasteiger partial charge in [-0.05, 0) is 44.9 Å². The van der Waals surface area contributed by atoms with Crippen molar-refractivity contribution in [1.82, 2.24) is 5.32 Å². The molecule has 0 aliphatic rings. The summed E-state index contributed by atoms with van der Waals surface area (Å²) in [6.45, 7) is 6.00. The molecule has 0 radical (unpaired) electrons. The average Bonchev–Trinajstić information content (AvgIpc) is 2.26. The highest BCUT2D eigenvalue weighted by Crippen LogP contribution is 2.18. The summed E-state index contributed by atoms with van der Waals surface area (Å²) in [4.78, 5) is 0. The molecule has 0 fully saturated rings. The maximum absolute atomic E-state index is 6.14. The van der Waals surface area contributed by atoms with Gasteiger partial charge in [-0.25, -0.2) is 0 Å². The van der Waals surface area contributed by atoms with E-state index in [0.717, 1.165) is 24.3 Å². The molecule has 88 valence electrons. The van der Waals surface area contributed by atoms with Crippen molar-refractivity contribution in [3.8, 4) is 0 Å². The van der Waals surface area contributed by atoms with Crippen molar-refractivity contribution in [2.75, 3.05) is 7.05 Å².